The zero-order valence-corrected chi connectivity index (χ0v) is 8.51. The Morgan fingerprint density at radius 2 is 2.20 bits per heavy atom. The molecular weight excluding hydrogens is 194 g/mol. The van der Waals surface area contributed by atoms with Gasteiger partial charge in [-0.25, -0.2) is 4.98 Å². The fraction of sp³-hybridized carbons (Fsp3) is 0.222. The maximum absolute atomic E-state index is 11.9. The lowest BCUT2D eigenvalue weighted by Crippen LogP contribution is -2.10. The standard InChI is InChI=1S/C9H11N5O/c1-13-4-3-11-9(13)7(15)6-5-12-14(2)8(6)10/h3-5H,10H2,1-2H3. The van der Waals surface area contributed by atoms with Gasteiger partial charge in [0.05, 0.1) is 11.8 Å². The van der Waals surface area contributed by atoms with Gasteiger partial charge in [0.1, 0.15) is 5.82 Å². The molecule has 0 saturated carbocycles. The number of hydrogen-bond acceptors (Lipinski definition) is 4. The molecule has 6 heteroatoms. The lowest BCUT2D eigenvalue weighted by Gasteiger charge is -2.00. The van der Waals surface area contributed by atoms with E-state index < -0.39 is 0 Å². The van der Waals surface area contributed by atoms with Gasteiger partial charge in [0.2, 0.25) is 5.78 Å². The van der Waals surface area contributed by atoms with Crippen LogP contribution in [0.3, 0.4) is 0 Å². The first kappa shape index (κ1) is 9.45. The number of rotatable bonds is 2. The SMILES string of the molecule is Cn1ccnc1C(=O)c1cnn(C)c1N. The minimum absolute atomic E-state index is 0.215. The number of aryl methyl sites for hydroxylation is 2. The van der Waals surface area contributed by atoms with Crippen molar-refractivity contribution in [2.45, 2.75) is 0 Å². The monoisotopic (exact) mass is 205 g/mol. The molecule has 0 bridgehead atoms. The minimum atomic E-state index is -0.215. The van der Waals surface area contributed by atoms with Crippen LogP contribution in [-0.2, 0) is 14.1 Å². The lowest BCUT2D eigenvalue weighted by atomic mass is 10.2. The summed E-state index contributed by atoms with van der Waals surface area (Å²) in [4.78, 5) is 15.9. The number of carbonyl (C=O) groups excluding carboxylic acids is 1. The van der Waals surface area contributed by atoms with Crippen LogP contribution in [0, 0.1) is 0 Å². The molecule has 2 aromatic rings. The maximum Gasteiger partial charge on any atom is 0.233 e. The Bertz CT molecular complexity index is 510. The molecule has 15 heavy (non-hydrogen) atoms. The number of aromatic nitrogens is 4. The highest BCUT2D eigenvalue weighted by Crippen LogP contribution is 2.13. The number of nitrogens with zero attached hydrogens (tertiary/aromatic N) is 4. The molecule has 0 amide bonds. The van der Waals surface area contributed by atoms with E-state index in [1.165, 1.54) is 10.9 Å². The van der Waals surface area contributed by atoms with Crippen molar-refractivity contribution in [3.05, 3.63) is 30.0 Å². The van der Waals surface area contributed by atoms with E-state index in [1.807, 2.05) is 0 Å². The van der Waals surface area contributed by atoms with E-state index in [-0.39, 0.29) is 5.78 Å². The maximum atomic E-state index is 11.9. The highest BCUT2D eigenvalue weighted by atomic mass is 16.1. The summed E-state index contributed by atoms with van der Waals surface area (Å²) >= 11 is 0. The Kier molecular flexibility index (Phi) is 2.03. The molecule has 2 heterocycles. The van der Waals surface area contributed by atoms with Gasteiger partial charge in [-0.05, 0) is 0 Å². The van der Waals surface area contributed by atoms with Gasteiger partial charge in [-0.3, -0.25) is 9.48 Å². The van der Waals surface area contributed by atoms with Crippen molar-refractivity contribution in [3.8, 4) is 0 Å². The molecule has 2 N–H and O–H groups in total. The number of anilines is 1. The average molecular weight is 205 g/mol. The van der Waals surface area contributed by atoms with Gasteiger partial charge >= 0.3 is 0 Å². The predicted octanol–water partition coefficient (Wildman–Crippen LogP) is -0.0332. The molecule has 0 atom stereocenters. The van der Waals surface area contributed by atoms with Crippen molar-refractivity contribution in [3.63, 3.8) is 0 Å². The summed E-state index contributed by atoms with van der Waals surface area (Å²) in [5, 5.41) is 3.91. The van der Waals surface area contributed by atoms with Gasteiger partial charge < -0.3 is 10.3 Å². The first-order valence-corrected chi connectivity index (χ1v) is 4.40. The average Bonchev–Trinajstić information content (AvgIpc) is 2.75. The molecule has 78 valence electrons. The second-order valence-electron chi connectivity index (χ2n) is 3.26. The molecule has 0 fully saturated rings. The Morgan fingerprint density at radius 3 is 2.67 bits per heavy atom. The fourth-order valence-electron chi connectivity index (χ4n) is 1.33. The summed E-state index contributed by atoms with van der Waals surface area (Å²) in [5.74, 6) is 0.491. The summed E-state index contributed by atoms with van der Waals surface area (Å²) in [6, 6.07) is 0. The van der Waals surface area contributed by atoms with Gasteiger partial charge in [0.25, 0.3) is 0 Å². The normalized spacial score (nSPS) is 10.5. The van der Waals surface area contributed by atoms with Crippen molar-refractivity contribution < 1.29 is 4.79 Å². The van der Waals surface area contributed by atoms with Crippen molar-refractivity contribution in [2.75, 3.05) is 5.73 Å². The Hall–Kier alpha value is -2.11. The van der Waals surface area contributed by atoms with Crippen molar-refractivity contribution in [1.82, 2.24) is 19.3 Å². The van der Waals surface area contributed by atoms with Crippen molar-refractivity contribution in [2.24, 2.45) is 14.1 Å². The molecule has 0 aliphatic rings. The van der Waals surface area contributed by atoms with E-state index in [1.54, 1.807) is 31.1 Å². The fourth-order valence-corrected chi connectivity index (χ4v) is 1.33. The van der Waals surface area contributed by atoms with Gasteiger partial charge in [-0.15, -0.1) is 0 Å². The third kappa shape index (κ3) is 1.39. The molecule has 2 rings (SSSR count). The van der Waals surface area contributed by atoms with E-state index in [4.69, 9.17) is 5.73 Å². The van der Waals surface area contributed by atoms with E-state index in [0.29, 0.717) is 17.2 Å². The summed E-state index contributed by atoms with van der Waals surface area (Å²) in [6.07, 6.45) is 4.73. The molecule has 0 aliphatic carbocycles. The van der Waals surface area contributed by atoms with Gasteiger partial charge in [0, 0.05) is 26.5 Å². The van der Waals surface area contributed by atoms with E-state index >= 15 is 0 Å². The molecule has 0 saturated heterocycles. The molecule has 0 spiro atoms. The molecule has 0 radical (unpaired) electrons. The molecule has 0 aliphatic heterocycles. The molecule has 2 aromatic heterocycles. The predicted molar refractivity (Wildman–Crippen MR) is 54.3 cm³/mol. The van der Waals surface area contributed by atoms with Crippen LogP contribution in [0.25, 0.3) is 0 Å². The smallest absolute Gasteiger partial charge is 0.233 e. The molecule has 0 unspecified atom stereocenters. The van der Waals surface area contributed by atoms with Gasteiger partial charge in [0.15, 0.2) is 5.82 Å². The third-order valence-corrected chi connectivity index (χ3v) is 2.25. The van der Waals surface area contributed by atoms with Crippen LogP contribution in [0.15, 0.2) is 18.6 Å². The lowest BCUT2D eigenvalue weighted by molar-refractivity contribution is 0.102. The highest BCUT2D eigenvalue weighted by Gasteiger charge is 2.18. The summed E-state index contributed by atoms with van der Waals surface area (Å²) in [7, 11) is 3.44. The quantitative estimate of drug-likeness (QED) is 0.698. The zero-order chi connectivity index (χ0) is 11.0. The van der Waals surface area contributed by atoms with Crippen molar-refractivity contribution in [1.29, 1.82) is 0 Å². The summed E-state index contributed by atoms with van der Waals surface area (Å²) in [5.41, 5.74) is 6.08. The Balaban J connectivity index is 2.46. The van der Waals surface area contributed by atoms with Crippen LogP contribution >= 0.6 is 0 Å². The second-order valence-corrected chi connectivity index (χ2v) is 3.26. The highest BCUT2D eigenvalue weighted by molar-refractivity contribution is 6.09. The molecule has 6 nitrogen and oxygen atoms in total. The van der Waals surface area contributed by atoms with Gasteiger partial charge in [-0.1, -0.05) is 0 Å². The second kappa shape index (κ2) is 3.23. The summed E-state index contributed by atoms with van der Waals surface area (Å²) in [6.45, 7) is 0. The topological polar surface area (TPSA) is 78.7 Å². The number of imidazole rings is 1. The zero-order valence-electron chi connectivity index (χ0n) is 8.51. The van der Waals surface area contributed by atoms with Crippen LogP contribution in [0.2, 0.25) is 0 Å². The Morgan fingerprint density at radius 1 is 1.47 bits per heavy atom. The third-order valence-electron chi connectivity index (χ3n) is 2.25. The number of carbonyl (C=O) groups is 1. The number of ketones is 1. The molecular formula is C9H11N5O. The van der Waals surface area contributed by atoms with Crippen LogP contribution in [0.4, 0.5) is 5.82 Å². The van der Waals surface area contributed by atoms with E-state index in [2.05, 4.69) is 10.1 Å². The Labute approximate surface area is 86.3 Å². The van der Waals surface area contributed by atoms with Crippen molar-refractivity contribution >= 4 is 11.6 Å². The summed E-state index contributed by atoms with van der Waals surface area (Å²) < 4.78 is 3.10. The van der Waals surface area contributed by atoms with Crippen LogP contribution in [0.5, 0.6) is 0 Å². The molecule has 0 aromatic carbocycles. The van der Waals surface area contributed by atoms with E-state index in [9.17, 15) is 4.79 Å². The largest absolute Gasteiger partial charge is 0.383 e. The number of nitrogens with two attached hydrogens (primary N) is 1. The number of nitrogen functional groups attached to an aromatic ring is 1. The van der Waals surface area contributed by atoms with E-state index in [0.717, 1.165) is 0 Å². The minimum Gasteiger partial charge on any atom is -0.383 e. The first-order chi connectivity index (χ1) is 7.11. The first-order valence-electron chi connectivity index (χ1n) is 4.40. The van der Waals surface area contributed by atoms with Crippen LogP contribution in [-0.4, -0.2) is 25.1 Å². The van der Waals surface area contributed by atoms with Crippen LogP contribution < -0.4 is 5.73 Å². The van der Waals surface area contributed by atoms with Gasteiger partial charge in [-0.2, -0.15) is 5.10 Å². The van der Waals surface area contributed by atoms with Crippen LogP contribution in [0.1, 0.15) is 16.2 Å². The number of hydrogen-bond donors (Lipinski definition) is 1.